The molecule has 2 atom stereocenters. The van der Waals surface area contributed by atoms with Crippen LogP contribution in [-0.2, 0) is 6.42 Å². The molecule has 3 rings (SSSR count). The van der Waals surface area contributed by atoms with E-state index in [0.29, 0.717) is 5.41 Å². The lowest BCUT2D eigenvalue weighted by Crippen LogP contribution is -2.31. The van der Waals surface area contributed by atoms with E-state index in [9.17, 15) is 4.39 Å². The Morgan fingerprint density at radius 3 is 2.65 bits per heavy atom. The molecule has 0 amide bonds. The standard InChI is InChI=1S/C15H20FN/c1-10-4-14(16)3-2-11(10)6-15(9-17)7-12-5-13(12)8-15/h2-4,12-13H,5-9,17H2,1H3. The van der Waals surface area contributed by atoms with Gasteiger partial charge in [0.25, 0.3) is 0 Å². The Hall–Kier alpha value is -0.890. The van der Waals surface area contributed by atoms with Crippen molar-refractivity contribution in [3.8, 4) is 0 Å². The van der Waals surface area contributed by atoms with Gasteiger partial charge in [-0.2, -0.15) is 0 Å². The van der Waals surface area contributed by atoms with E-state index in [0.717, 1.165) is 30.4 Å². The van der Waals surface area contributed by atoms with Crippen LogP contribution in [0.1, 0.15) is 30.4 Å². The van der Waals surface area contributed by atoms with Crippen molar-refractivity contribution in [2.45, 2.75) is 32.6 Å². The molecule has 0 aromatic heterocycles. The Labute approximate surface area is 102 Å². The van der Waals surface area contributed by atoms with E-state index < -0.39 is 0 Å². The number of benzene rings is 1. The van der Waals surface area contributed by atoms with Crippen molar-refractivity contribution >= 4 is 0 Å². The molecule has 0 saturated heterocycles. The highest BCUT2D eigenvalue weighted by Gasteiger charge is 2.52. The van der Waals surface area contributed by atoms with Crippen molar-refractivity contribution in [3.63, 3.8) is 0 Å². The van der Waals surface area contributed by atoms with Gasteiger partial charge in [-0.25, -0.2) is 4.39 Å². The number of aryl methyl sites for hydroxylation is 1. The highest BCUT2D eigenvalue weighted by Crippen LogP contribution is 2.60. The Bertz CT molecular complexity index is 431. The number of rotatable bonds is 3. The second-order valence-corrected chi connectivity index (χ2v) is 6.12. The van der Waals surface area contributed by atoms with E-state index in [1.807, 2.05) is 13.0 Å². The van der Waals surface area contributed by atoms with Crippen molar-refractivity contribution in [1.29, 1.82) is 0 Å². The maximum Gasteiger partial charge on any atom is 0.123 e. The first-order valence-corrected chi connectivity index (χ1v) is 6.57. The minimum absolute atomic E-state index is 0.137. The predicted molar refractivity (Wildman–Crippen MR) is 67.2 cm³/mol. The van der Waals surface area contributed by atoms with Gasteiger partial charge in [0.2, 0.25) is 0 Å². The summed E-state index contributed by atoms with van der Waals surface area (Å²) in [5.41, 5.74) is 8.65. The molecule has 1 aromatic carbocycles. The minimum Gasteiger partial charge on any atom is -0.330 e. The van der Waals surface area contributed by atoms with Gasteiger partial charge in [0.15, 0.2) is 0 Å². The molecule has 0 aliphatic heterocycles. The van der Waals surface area contributed by atoms with E-state index in [2.05, 4.69) is 0 Å². The number of hydrogen-bond acceptors (Lipinski definition) is 1. The molecule has 2 heteroatoms. The van der Waals surface area contributed by atoms with Crippen LogP contribution in [0.25, 0.3) is 0 Å². The molecule has 2 unspecified atom stereocenters. The normalized spacial score (nSPS) is 34.8. The Balaban J connectivity index is 1.81. The van der Waals surface area contributed by atoms with E-state index in [1.165, 1.54) is 24.8 Å². The van der Waals surface area contributed by atoms with Gasteiger partial charge in [0.1, 0.15) is 5.82 Å². The summed E-state index contributed by atoms with van der Waals surface area (Å²) in [5.74, 6) is 1.75. The van der Waals surface area contributed by atoms with Crippen molar-refractivity contribution in [3.05, 3.63) is 35.1 Å². The summed E-state index contributed by atoms with van der Waals surface area (Å²) in [6.45, 7) is 2.77. The van der Waals surface area contributed by atoms with Gasteiger partial charge >= 0.3 is 0 Å². The van der Waals surface area contributed by atoms with Crippen LogP contribution in [0.15, 0.2) is 18.2 Å². The smallest absolute Gasteiger partial charge is 0.123 e. The Morgan fingerprint density at radius 2 is 2.06 bits per heavy atom. The van der Waals surface area contributed by atoms with Crippen molar-refractivity contribution in [1.82, 2.24) is 0 Å². The van der Waals surface area contributed by atoms with Gasteiger partial charge < -0.3 is 5.73 Å². The van der Waals surface area contributed by atoms with Gasteiger partial charge in [0, 0.05) is 0 Å². The van der Waals surface area contributed by atoms with Gasteiger partial charge in [0.05, 0.1) is 0 Å². The average Bonchev–Trinajstić information content (AvgIpc) is 2.91. The summed E-state index contributed by atoms with van der Waals surface area (Å²) in [6, 6.07) is 5.14. The van der Waals surface area contributed by atoms with Crippen LogP contribution >= 0.6 is 0 Å². The molecule has 2 aliphatic carbocycles. The predicted octanol–water partition coefficient (Wildman–Crippen LogP) is 3.05. The first kappa shape index (κ1) is 11.2. The molecule has 1 aromatic rings. The molecule has 0 heterocycles. The molecule has 1 nitrogen and oxygen atoms in total. The minimum atomic E-state index is -0.137. The highest BCUT2D eigenvalue weighted by molar-refractivity contribution is 5.28. The third-order valence-corrected chi connectivity index (χ3v) is 4.76. The summed E-state index contributed by atoms with van der Waals surface area (Å²) in [5, 5.41) is 0. The SMILES string of the molecule is Cc1cc(F)ccc1CC1(CN)CC2CC2C1. The van der Waals surface area contributed by atoms with Crippen LogP contribution in [0.2, 0.25) is 0 Å². The zero-order valence-corrected chi connectivity index (χ0v) is 10.4. The van der Waals surface area contributed by atoms with E-state index in [1.54, 1.807) is 12.1 Å². The van der Waals surface area contributed by atoms with Crippen LogP contribution < -0.4 is 5.73 Å². The topological polar surface area (TPSA) is 26.0 Å². The van der Waals surface area contributed by atoms with Crippen LogP contribution in [0.5, 0.6) is 0 Å². The number of nitrogens with two attached hydrogens (primary N) is 1. The van der Waals surface area contributed by atoms with Gasteiger partial charge in [-0.15, -0.1) is 0 Å². The summed E-state index contributed by atoms with van der Waals surface area (Å²) < 4.78 is 13.1. The molecule has 2 N–H and O–H groups in total. The van der Waals surface area contributed by atoms with Gasteiger partial charge in [-0.05, 0) is 79.7 Å². The second kappa shape index (κ2) is 3.81. The fourth-order valence-corrected chi connectivity index (χ4v) is 3.65. The molecule has 0 radical (unpaired) electrons. The van der Waals surface area contributed by atoms with Gasteiger partial charge in [-0.1, -0.05) is 6.07 Å². The third kappa shape index (κ3) is 1.99. The maximum absolute atomic E-state index is 13.1. The van der Waals surface area contributed by atoms with Crippen LogP contribution in [0, 0.1) is 30.0 Å². The largest absolute Gasteiger partial charge is 0.330 e. The van der Waals surface area contributed by atoms with E-state index in [-0.39, 0.29) is 5.82 Å². The van der Waals surface area contributed by atoms with Crippen molar-refractivity contribution in [2.75, 3.05) is 6.54 Å². The maximum atomic E-state index is 13.1. The average molecular weight is 233 g/mol. The fraction of sp³-hybridized carbons (Fsp3) is 0.600. The summed E-state index contributed by atoms with van der Waals surface area (Å²) in [6.07, 6.45) is 5.02. The lowest BCUT2D eigenvalue weighted by Gasteiger charge is -2.30. The molecule has 17 heavy (non-hydrogen) atoms. The summed E-state index contributed by atoms with van der Waals surface area (Å²) in [7, 11) is 0. The summed E-state index contributed by atoms with van der Waals surface area (Å²) >= 11 is 0. The van der Waals surface area contributed by atoms with Gasteiger partial charge in [-0.3, -0.25) is 0 Å². The molecule has 2 aliphatic rings. The molecular weight excluding hydrogens is 213 g/mol. The quantitative estimate of drug-likeness (QED) is 0.853. The Morgan fingerprint density at radius 1 is 1.35 bits per heavy atom. The summed E-state index contributed by atoms with van der Waals surface area (Å²) in [4.78, 5) is 0. The third-order valence-electron chi connectivity index (χ3n) is 4.76. The van der Waals surface area contributed by atoms with Crippen LogP contribution in [-0.4, -0.2) is 6.54 Å². The molecule has 2 fully saturated rings. The number of fused-ring (bicyclic) bond motifs is 1. The first-order valence-electron chi connectivity index (χ1n) is 6.57. The second-order valence-electron chi connectivity index (χ2n) is 6.12. The van der Waals surface area contributed by atoms with Crippen LogP contribution in [0.4, 0.5) is 4.39 Å². The zero-order chi connectivity index (χ0) is 12.0. The molecule has 92 valence electrons. The van der Waals surface area contributed by atoms with Crippen molar-refractivity contribution in [2.24, 2.45) is 23.0 Å². The number of halogens is 1. The molecule has 0 spiro atoms. The fourth-order valence-electron chi connectivity index (χ4n) is 3.65. The number of hydrogen-bond donors (Lipinski definition) is 1. The van der Waals surface area contributed by atoms with Crippen LogP contribution in [0.3, 0.4) is 0 Å². The first-order chi connectivity index (χ1) is 8.12. The highest BCUT2D eigenvalue weighted by atomic mass is 19.1. The zero-order valence-electron chi connectivity index (χ0n) is 10.4. The van der Waals surface area contributed by atoms with Crippen molar-refractivity contribution < 1.29 is 4.39 Å². The molecular formula is C15H20FN. The Kier molecular flexibility index (Phi) is 2.51. The lowest BCUT2D eigenvalue weighted by atomic mass is 9.77. The monoisotopic (exact) mass is 233 g/mol. The lowest BCUT2D eigenvalue weighted by molar-refractivity contribution is 0.272. The van der Waals surface area contributed by atoms with E-state index >= 15 is 0 Å². The molecule has 2 saturated carbocycles. The van der Waals surface area contributed by atoms with E-state index in [4.69, 9.17) is 5.73 Å². The molecule has 0 bridgehead atoms.